The van der Waals surface area contributed by atoms with Crippen LogP contribution in [-0.4, -0.2) is 18.6 Å². The van der Waals surface area contributed by atoms with Gasteiger partial charge in [0.2, 0.25) is 0 Å². The third-order valence-corrected chi connectivity index (χ3v) is 3.12. The molecule has 1 unspecified atom stereocenters. The molecule has 0 bridgehead atoms. The van der Waals surface area contributed by atoms with E-state index in [1.807, 2.05) is 19.9 Å². The van der Waals surface area contributed by atoms with Crippen molar-refractivity contribution in [2.24, 2.45) is 0 Å². The normalized spacial score (nSPS) is 15.2. The van der Waals surface area contributed by atoms with E-state index in [0.29, 0.717) is 6.61 Å². The van der Waals surface area contributed by atoms with Crippen molar-refractivity contribution in [3.05, 3.63) is 29.3 Å². The molecule has 1 atom stereocenters. The van der Waals surface area contributed by atoms with Crippen molar-refractivity contribution in [1.82, 2.24) is 0 Å². The van der Waals surface area contributed by atoms with Gasteiger partial charge in [-0.25, -0.2) is 4.79 Å². The number of carbonyl (C=O) groups excluding carboxylic acids is 1. The molecule has 0 spiro atoms. The maximum atomic E-state index is 11.5. The van der Waals surface area contributed by atoms with Crippen LogP contribution in [-0.2, 0) is 22.4 Å². The highest BCUT2D eigenvalue weighted by atomic mass is 16.5. The summed E-state index contributed by atoms with van der Waals surface area (Å²) in [4.78, 5) is 11.5. The van der Waals surface area contributed by atoms with E-state index in [0.717, 1.165) is 12.1 Å². The van der Waals surface area contributed by atoms with E-state index in [-0.39, 0.29) is 12.0 Å². The van der Waals surface area contributed by atoms with Gasteiger partial charge in [-0.05, 0) is 56.4 Å². The van der Waals surface area contributed by atoms with Gasteiger partial charge in [-0.1, -0.05) is 6.07 Å². The maximum Gasteiger partial charge on any atom is 0.328 e. The van der Waals surface area contributed by atoms with Gasteiger partial charge in [-0.15, -0.1) is 0 Å². The molecular formula is C14H19NO2. The Bertz CT molecular complexity index is 415. The number of carbonyl (C=O) groups is 1. The Hall–Kier alpha value is -1.51. The summed E-state index contributed by atoms with van der Waals surface area (Å²) < 4.78 is 4.97. The molecule has 0 saturated carbocycles. The van der Waals surface area contributed by atoms with E-state index >= 15 is 0 Å². The molecule has 0 amide bonds. The van der Waals surface area contributed by atoms with Crippen molar-refractivity contribution >= 4 is 11.7 Å². The number of anilines is 1. The number of benzene rings is 1. The molecule has 0 aromatic heterocycles. The maximum absolute atomic E-state index is 11.5. The smallest absolute Gasteiger partial charge is 0.328 e. The quantitative estimate of drug-likeness (QED) is 0.812. The number of hydrogen-bond acceptors (Lipinski definition) is 3. The first-order valence-corrected chi connectivity index (χ1v) is 6.25. The molecular weight excluding hydrogens is 214 g/mol. The van der Waals surface area contributed by atoms with Gasteiger partial charge in [-0.2, -0.15) is 0 Å². The number of aryl methyl sites for hydroxylation is 2. The summed E-state index contributed by atoms with van der Waals surface area (Å²) in [7, 11) is 0. The van der Waals surface area contributed by atoms with Crippen LogP contribution in [0.2, 0.25) is 0 Å². The van der Waals surface area contributed by atoms with Gasteiger partial charge >= 0.3 is 5.97 Å². The van der Waals surface area contributed by atoms with E-state index < -0.39 is 0 Å². The molecule has 1 aliphatic rings. The zero-order valence-corrected chi connectivity index (χ0v) is 10.5. The van der Waals surface area contributed by atoms with Crippen LogP contribution < -0.4 is 5.32 Å². The number of ether oxygens (including phenoxy) is 1. The van der Waals surface area contributed by atoms with Gasteiger partial charge in [0.05, 0.1) is 6.61 Å². The van der Waals surface area contributed by atoms with Crippen molar-refractivity contribution in [2.45, 2.75) is 39.2 Å². The number of rotatable bonds is 4. The van der Waals surface area contributed by atoms with Crippen molar-refractivity contribution in [3.63, 3.8) is 0 Å². The first-order valence-electron chi connectivity index (χ1n) is 6.25. The molecule has 2 rings (SSSR count). The standard InChI is InChI=1S/C14H19NO2/c1-3-17-14(16)10(2)15-13-8-7-11-5-4-6-12(11)9-13/h7-10,15H,3-6H2,1-2H3. The van der Waals surface area contributed by atoms with E-state index in [4.69, 9.17) is 4.74 Å². The van der Waals surface area contributed by atoms with Crippen molar-refractivity contribution in [2.75, 3.05) is 11.9 Å². The third-order valence-electron chi connectivity index (χ3n) is 3.12. The van der Waals surface area contributed by atoms with Crippen molar-refractivity contribution in [1.29, 1.82) is 0 Å². The van der Waals surface area contributed by atoms with E-state index in [1.54, 1.807) is 0 Å². The van der Waals surface area contributed by atoms with Gasteiger partial charge in [-0.3, -0.25) is 0 Å². The number of nitrogens with one attached hydrogen (secondary N) is 1. The van der Waals surface area contributed by atoms with Crippen LogP contribution in [0, 0.1) is 0 Å². The molecule has 1 aromatic carbocycles. The lowest BCUT2D eigenvalue weighted by Crippen LogP contribution is -2.28. The monoisotopic (exact) mass is 233 g/mol. The van der Waals surface area contributed by atoms with Crippen LogP contribution in [0.4, 0.5) is 5.69 Å². The summed E-state index contributed by atoms with van der Waals surface area (Å²) in [5.74, 6) is -0.201. The molecule has 3 nitrogen and oxygen atoms in total. The second kappa shape index (κ2) is 5.21. The average molecular weight is 233 g/mol. The van der Waals surface area contributed by atoms with Gasteiger partial charge < -0.3 is 10.1 Å². The average Bonchev–Trinajstić information content (AvgIpc) is 2.76. The molecule has 1 aliphatic carbocycles. The van der Waals surface area contributed by atoms with Crippen molar-refractivity contribution < 1.29 is 9.53 Å². The first kappa shape index (κ1) is 12.0. The number of hydrogen-bond donors (Lipinski definition) is 1. The third kappa shape index (κ3) is 2.78. The molecule has 0 aliphatic heterocycles. The Morgan fingerprint density at radius 3 is 2.94 bits per heavy atom. The molecule has 1 aromatic rings. The highest BCUT2D eigenvalue weighted by Crippen LogP contribution is 2.25. The minimum absolute atomic E-state index is 0.201. The van der Waals surface area contributed by atoms with E-state index in [2.05, 4.69) is 17.4 Å². The Kier molecular flexibility index (Phi) is 3.67. The summed E-state index contributed by atoms with van der Waals surface area (Å²) in [6, 6.07) is 6.05. The first-order chi connectivity index (χ1) is 8.20. The molecule has 17 heavy (non-hydrogen) atoms. The molecule has 0 radical (unpaired) electrons. The lowest BCUT2D eigenvalue weighted by molar-refractivity contribution is -0.143. The summed E-state index contributed by atoms with van der Waals surface area (Å²) >= 11 is 0. The molecule has 0 fully saturated rings. The summed E-state index contributed by atoms with van der Waals surface area (Å²) in [6.45, 7) is 4.07. The lowest BCUT2D eigenvalue weighted by Gasteiger charge is -2.14. The fourth-order valence-corrected chi connectivity index (χ4v) is 2.24. The molecule has 1 N–H and O–H groups in total. The second-order valence-corrected chi connectivity index (χ2v) is 4.46. The van der Waals surface area contributed by atoms with Gasteiger partial charge in [0.25, 0.3) is 0 Å². The summed E-state index contributed by atoms with van der Waals surface area (Å²) in [5, 5.41) is 3.18. The van der Waals surface area contributed by atoms with Gasteiger partial charge in [0.1, 0.15) is 6.04 Å². The summed E-state index contributed by atoms with van der Waals surface area (Å²) in [5.41, 5.74) is 3.86. The Balaban J connectivity index is 2.01. The van der Waals surface area contributed by atoms with Crippen LogP contribution in [0.15, 0.2) is 18.2 Å². The molecule has 0 heterocycles. The topological polar surface area (TPSA) is 38.3 Å². The van der Waals surface area contributed by atoms with Crippen LogP contribution >= 0.6 is 0 Å². The molecule has 3 heteroatoms. The largest absolute Gasteiger partial charge is 0.464 e. The van der Waals surface area contributed by atoms with E-state index in [1.165, 1.54) is 24.0 Å². The Labute approximate surface area is 102 Å². The van der Waals surface area contributed by atoms with Gasteiger partial charge in [0.15, 0.2) is 0 Å². The lowest BCUT2D eigenvalue weighted by atomic mass is 10.1. The van der Waals surface area contributed by atoms with Gasteiger partial charge in [0, 0.05) is 5.69 Å². The fourth-order valence-electron chi connectivity index (χ4n) is 2.24. The Morgan fingerprint density at radius 2 is 2.18 bits per heavy atom. The van der Waals surface area contributed by atoms with E-state index in [9.17, 15) is 4.79 Å². The zero-order valence-electron chi connectivity index (χ0n) is 10.5. The predicted octanol–water partition coefficient (Wildman–Crippen LogP) is 2.54. The van der Waals surface area contributed by atoms with Crippen LogP contribution in [0.5, 0.6) is 0 Å². The SMILES string of the molecule is CCOC(=O)C(C)Nc1ccc2c(c1)CCC2. The van der Waals surface area contributed by atoms with Crippen LogP contribution in [0.1, 0.15) is 31.4 Å². The summed E-state index contributed by atoms with van der Waals surface area (Å²) in [6.07, 6.45) is 3.58. The number of esters is 1. The minimum atomic E-state index is -0.297. The predicted molar refractivity (Wildman–Crippen MR) is 68.2 cm³/mol. The molecule has 0 saturated heterocycles. The Morgan fingerprint density at radius 1 is 1.41 bits per heavy atom. The van der Waals surface area contributed by atoms with Crippen LogP contribution in [0.3, 0.4) is 0 Å². The minimum Gasteiger partial charge on any atom is -0.464 e. The number of fused-ring (bicyclic) bond motifs is 1. The highest BCUT2D eigenvalue weighted by Gasteiger charge is 2.15. The zero-order chi connectivity index (χ0) is 12.3. The fraction of sp³-hybridized carbons (Fsp3) is 0.500. The molecule has 92 valence electrons. The van der Waals surface area contributed by atoms with Crippen molar-refractivity contribution in [3.8, 4) is 0 Å². The second-order valence-electron chi connectivity index (χ2n) is 4.46. The van der Waals surface area contributed by atoms with Crippen LogP contribution in [0.25, 0.3) is 0 Å². The highest BCUT2D eigenvalue weighted by molar-refractivity contribution is 5.78.